The number of aliphatic imine (C=N–C) groups is 2. The minimum absolute atomic E-state index is 0.0145. The Morgan fingerprint density at radius 3 is 2.70 bits per heavy atom. The van der Waals surface area contributed by atoms with E-state index in [-0.39, 0.29) is 23.6 Å². The van der Waals surface area contributed by atoms with Crippen LogP contribution in [0, 0.1) is 5.92 Å². The highest BCUT2D eigenvalue weighted by Crippen LogP contribution is 2.33. The van der Waals surface area contributed by atoms with Crippen LogP contribution in [0.25, 0.3) is 4.91 Å². The van der Waals surface area contributed by atoms with E-state index in [0.717, 1.165) is 24.0 Å². The third kappa shape index (κ3) is 6.42. The van der Waals surface area contributed by atoms with Gasteiger partial charge in [0.2, 0.25) is 5.84 Å². The molecule has 0 saturated carbocycles. The zero-order chi connectivity index (χ0) is 28.3. The monoisotopic (exact) mass is 574 g/mol. The van der Waals surface area contributed by atoms with Crippen LogP contribution in [-0.4, -0.2) is 65.4 Å². The highest BCUT2D eigenvalue weighted by atomic mass is 35.5. The Labute approximate surface area is 245 Å². The summed E-state index contributed by atoms with van der Waals surface area (Å²) in [7, 11) is 0. The minimum Gasteiger partial charge on any atom is -0.335 e. The van der Waals surface area contributed by atoms with Crippen LogP contribution in [0.15, 0.2) is 76.1 Å². The smallest absolute Gasteiger partial charge is 0.291 e. The number of thioether (sulfide) groups is 1. The standard InChI is InChI=1S/C32H35ClN4O2S/c1-22-10-11-28(40-17-13-22)24-7-4-8-25(18-24)30(38)36-15-16-37(32(2,3)21-36)31(39)29-34-14-12-26(20-35-29)23-6-5-9-27(33)19-23/h4-9,11,13,17-20,22,26H,10,12,14-16,21H2,1-3H3. The van der Waals surface area contributed by atoms with Crippen LogP contribution in [0.1, 0.15) is 61.0 Å². The topological polar surface area (TPSA) is 65.3 Å². The Morgan fingerprint density at radius 1 is 1.07 bits per heavy atom. The number of hydrogen-bond donors (Lipinski definition) is 0. The molecule has 0 aromatic heterocycles. The maximum Gasteiger partial charge on any atom is 0.291 e. The molecule has 208 valence electrons. The van der Waals surface area contributed by atoms with Gasteiger partial charge in [-0.1, -0.05) is 66.7 Å². The van der Waals surface area contributed by atoms with Crippen LogP contribution >= 0.6 is 23.4 Å². The third-order valence-electron chi connectivity index (χ3n) is 7.65. The van der Waals surface area contributed by atoms with Crippen molar-refractivity contribution in [3.05, 3.63) is 87.8 Å². The van der Waals surface area contributed by atoms with Crippen molar-refractivity contribution in [2.24, 2.45) is 15.9 Å². The molecule has 3 heterocycles. The van der Waals surface area contributed by atoms with Gasteiger partial charge >= 0.3 is 0 Å². The maximum absolute atomic E-state index is 13.6. The van der Waals surface area contributed by atoms with E-state index in [1.807, 2.05) is 72.3 Å². The first-order chi connectivity index (χ1) is 19.2. The fraction of sp³-hybridized carbons (Fsp3) is 0.375. The summed E-state index contributed by atoms with van der Waals surface area (Å²) in [6, 6.07) is 15.6. The number of hydrogen-bond acceptors (Lipinski definition) is 5. The second-order valence-electron chi connectivity index (χ2n) is 11.2. The zero-order valence-corrected chi connectivity index (χ0v) is 24.8. The van der Waals surface area contributed by atoms with Gasteiger partial charge in [-0.15, -0.1) is 0 Å². The van der Waals surface area contributed by atoms with E-state index in [2.05, 4.69) is 40.5 Å². The number of benzene rings is 2. The first-order valence-electron chi connectivity index (χ1n) is 13.8. The fourth-order valence-corrected chi connectivity index (χ4v) is 6.51. The number of amides is 2. The van der Waals surface area contributed by atoms with E-state index in [1.165, 1.54) is 4.91 Å². The van der Waals surface area contributed by atoms with Crippen molar-refractivity contribution in [3.63, 3.8) is 0 Å². The van der Waals surface area contributed by atoms with Gasteiger partial charge in [0, 0.05) is 53.8 Å². The van der Waals surface area contributed by atoms with E-state index < -0.39 is 5.54 Å². The minimum atomic E-state index is -0.570. The molecule has 2 amide bonds. The molecule has 0 N–H and O–H groups in total. The van der Waals surface area contributed by atoms with Crippen molar-refractivity contribution in [2.75, 3.05) is 26.2 Å². The van der Waals surface area contributed by atoms with Gasteiger partial charge < -0.3 is 9.80 Å². The molecule has 40 heavy (non-hydrogen) atoms. The Kier molecular flexibility index (Phi) is 8.62. The lowest BCUT2D eigenvalue weighted by atomic mass is 9.97. The number of amidine groups is 1. The zero-order valence-electron chi connectivity index (χ0n) is 23.2. The molecule has 2 aromatic carbocycles. The Morgan fingerprint density at radius 2 is 1.90 bits per heavy atom. The molecule has 3 aliphatic heterocycles. The molecule has 2 atom stereocenters. The number of halogens is 1. The normalized spacial score (nSPS) is 22.7. The average Bonchev–Trinajstić information content (AvgIpc) is 3.32. The second-order valence-corrected chi connectivity index (χ2v) is 12.6. The number of carbonyl (C=O) groups excluding carboxylic acids is 2. The van der Waals surface area contributed by atoms with Crippen LogP contribution in [0.2, 0.25) is 5.02 Å². The molecule has 1 saturated heterocycles. The number of carbonyl (C=O) groups is 2. The van der Waals surface area contributed by atoms with Gasteiger partial charge in [-0.3, -0.25) is 14.6 Å². The molecule has 2 unspecified atom stereocenters. The van der Waals surface area contributed by atoms with Crippen LogP contribution in [0.5, 0.6) is 0 Å². The molecule has 0 aliphatic carbocycles. The SMILES string of the molecule is CC1C=CSC(c2cccc(C(=O)N3CCN(C(=O)C4=NCCC(c5cccc(Cl)c5)C=N4)C(C)(C)C3)c2)=CC1. The molecule has 3 aliphatic rings. The summed E-state index contributed by atoms with van der Waals surface area (Å²) in [6.07, 6.45) is 8.03. The second kappa shape index (κ2) is 12.1. The Balaban J connectivity index is 1.26. The fourth-order valence-electron chi connectivity index (χ4n) is 5.36. The molecule has 2 aromatic rings. The maximum atomic E-state index is 13.6. The van der Waals surface area contributed by atoms with Crippen LogP contribution in [0.3, 0.4) is 0 Å². The summed E-state index contributed by atoms with van der Waals surface area (Å²) in [4.78, 5) is 41.1. The molecule has 0 bridgehead atoms. The third-order valence-corrected chi connectivity index (χ3v) is 8.84. The summed E-state index contributed by atoms with van der Waals surface area (Å²) < 4.78 is 0. The first-order valence-corrected chi connectivity index (χ1v) is 15.1. The van der Waals surface area contributed by atoms with Crippen LogP contribution in [0.4, 0.5) is 0 Å². The van der Waals surface area contributed by atoms with Crippen molar-refractivity contribution in [1.29, 1.82) is 0 Å². The molecule has 0 spiro atoms. The van der Waals surface area contributed by atoms with Gasteiger partial charge in [0.15, 0.2) is 0 Å². The van der Waals surface area contributed by atoms with E-state index in [9.17, 15) is 9.59 Å². The molecule has 0 radical (unpaired) electrons. The first kappa shape index (κ1) is 28.4. The van der Waals surface area contributed by atoms with Crippen molar-refractivity contribution in [1.82, 2.24) is 9.80 Å². The van der Waals surface area contributed by atoms with E-state index in [4.69, 9.17) is 11.6 Å². The van der Waals surface area contributed by atoms with Gasteiger partial charge in [0.1, 0.15) is 0 Å². The number of piperazine rings is 1. The Hall–Kier alpha value is -3.16. The number of nitrogens with zero attached hydrogens (tertiary/aromatic N) is 4. The largest absolute Gasteiger partial charge is 0.335 e. The van der Waals surface area contributed by atoms with Crippen molar-refractivity contribution in [3.8, 4) is 0 Å². The molecule has 1 fully saturated rings. The highest BCUT2D eigenvalue weighted by Gasteiger charge is 2.40. The summed E-state index contributed by atoms with van der Waals surface area (Å²) >= 11 is 7.87. The van der Waals surface area contributed by atoms with Gasteiger partial charge in [0.25, 0.3) is 11.8 Å². The Bertz CT molecular complexity index is 1410. The van der Waals surface area contributed by atoms with Gasteiger partial charge in [-0.25, -0.2) is 4.99 Å². The summed E-state index contributed by atoms with van der Waals surface area (Å²) in [6.45, 7) is 8.02. The summed E-state index contributed by atoms with van der Waals surface area (Å²) in [5, 5.41) is 2.82. The number of allylic oxidation sites excluding steroid dienone is 2. The summed E-state index contributed by atoms with van der Waals surface area (Å²) in [5.41, 5.74) is 2.22. The molecular weight excluding hydrogens is 540 g/mol. The number of rotatable bonds is 4. The lowest BCUT2D eigenvalue weighted by molar-refractivity contribution is -0.132. The van der Waals surface area contributed by atoms with E-state index in [0.29, 0.717) is 42.7 Å². The highest BCUT2D eigenvalue weighted by molar-refractivity contribution is 8.10. The van der Waals surface area contributed by atoms with Crippen molar-refractivity contribution in [2.45, 2.75) is 45.1 Å². The molecule has 6 nitrogen and oxygen atoms in total. The van der Waals surface area contributed by atoms with Crippen LogP contribution in [-0.2, 0) is 4.79 Å². The lowest BCUT2D eigenvalue weighted by Crippen LogP contribution is -2.63. The van der Waals surface area contributed by atoms with Crippen molar-refractivity contribution < 1.29 is 9.59 Å². The average molecular weight is 575 g/mol. The van der Waals surface area contributed by atoms with Gasteiger partial charge in [-0.05, 0) is 73.4 Å². The van der Waals surface area contributed by atoms with Gasteiger partial charge in [-0.2, -0.15) is 0 Å². The molecule has 5 rings (SSSR count). The molecule has 8 heteroatoms. The quantitative estimate of drug-likeness (QED) is 0.409. The predicted molar refractivity (Wildman–Crippen MR) is 166 cm³/mol. The molecular formula is C32H35ClN4O2S. The van der Waals surface area contributed by atoms with E-state index in [1.54, 1.807) is 11.8 Å². The van der Waals surface area contributed by atoms with Gasteiger partial charge in [0.05, 0.1) is 5.54 Å². The lowest BCUT2D eigenvalue weighted by Gasteiger charge is -2.46. The van der Waals surface area contributed by atoms with E-state index >= 15 is 0 Å². The predicted octanol–water partition coefficient (Wildman–Crippen LogP) is 6.69. The van der Waals surface area contributed by atoms with Crippen LogP contribution < -0.4 is 0 Å². The van der Waals surface area contributed by atoms with Crippen molar-refractivity contribution >= 4 is 52.1 Å². The summed E-state index contributed by atoms with van der Waals surface area (Å²) in [5.74, 6) is 0.580.